The summed E-state index contributed by atoms with van der Waals surface area (Å²) in [5.41, 5.74) is 0. The van der Waals surface area contributed by atoms with Gasteiger partial charge in [-0.1, -0.05) is 6.07 Å². The fraction of sp³-hybridized carbons (Fsp3) is 0.688. The number of esters is 1. The van der Waals surface area contributed by atoms with Gasteiger partial charge in [-0.15, -0.1) is 11.3 Å². The number of likely N-dealkylation sites (tertiary alicyclic amines) is 1. The van der Waals surface area contributed by atoms with E-state index in [1.807, 2.05) is 24.4 Å². The van der Waals surface area contributed by atoms with Crippen LogP contribution in [0.4, 0.5) is 0 Å². The van der Waals surface area contributed by atoms with Crippen LogP contribution in [0.2, 0.25) is 0 Å². The van der Waals surface area contributed by atoms with E-state index in [2.05, 4.69) is 0 Å². The maximum Gasteiger partial charge on any atom is 0.309 e. The normalized spacial score (nSPS) is 23.2. The second-order valence-corrected chi connectivity index (χ2v) is 6.76. The lowest BCUT2D eigenvalue weighted by molar-refractivity contribution is -0.908. The summed E-state index contributed by atoms with van der Waals surface area (Å²) in [6.07, 6.45) is 1.24. The Labute approximate surface area is 135 Å². The molecule has 2 N–H and O–H groups in total. The highest BCUT2D eigenvalue weighted by Crippen LogP contribution is 2.12. The first-order valence-corrected chi connectivity index (χ1v) is 8.85. The smallest absolute Gasteiger partial charge is 0.309 e. The van der Waals surface area contributed by atoms with Crippen molar-refractivity contribution in [3.63, 3.8) is 0 Å². The summed E-state index contributed by atoms with van der Waals surface area (Å²) in [5, 5.41) is 12.1. The average molecular weight is 328 g/mol. The Bertz CT molecular complexity index is 429. The Morgan fingerprint density at radius 2 is 2.27 bits per heavy atom. The van der Waals surface area contributed by atoms with Crippen LogP contribution in [0.15, 0.2) is 17.5 Å². The molecule has 22 heavy (non-hydrogen) atoms. The zero-order valence-electron chi connectivity index (χ0n) is 13.1. The lowest BCUT2D eigenvalue weighted by Crippen LogP contribution is -3.14. The third-order valence-electron chi connectivity index (χ3n) is 3.97. The van der Waals surface area contributed by atoms with Gasteiger partial charge in [0.05, 0.1) is 38.8 Å². The van der Waals surface area contributed by atoms with Crippen molar-refractivity contribution in [3.8, 4) is 0 Å². The van der Waals surface area contributed by atoms with Crippen molar-refractivity contribution in [1.29, 1.82) is 0 Å². The molecule has 1 aromatic rings. The molecule has 0 saturated carbocycles. The molecule has 2 rings (SSSR count). The fourth-order valence-electron chi connectivity index (χ4n) is 2.81. The van der Waals surface area contributed by atoms with Gasteiger partial charge < -0.3 is 19.5 Å². The van der Waals surface area contributed by atoms with E-state index in [1.54, 1.807) is 11.3 Å². The maximum atomic E-state index is 11.7. The molecule has 0 unspecified atom stereocenters. The molecule has 6 heteroatoms. The van der Waals surface area contributed by atoms with E-state index in [0.717, 1.165) is 25.9 Å². The van der Waals surface area contributed by atoms with E-state index in [9.17, 15) is 9.90 Å². The van der Waals surface area contributed by atoms with Crippen molar-refractivity contribution >= 4 is 17.3 Å². The molecular weight excluding hydrogens is 302 g/mol. The number of aliphatic hydroxyl groups is 1. The van der Waals surface area contributed by atoms with Gasteiger partial charge >= 0.3 is 5.97 Å². The zero-order valence-corrected chi connectivity index (χ0v) is 13.9. The summed E-state index contributed by atoms with van der Waals surface area (Å²) in [5.74, 6) is -0.0303. The SMILES string of the molecule is CCOC(=O)C1CC[NH+](C[C@H](O)COCc2cccs2)CC1. The van der Waals surface area contributed by atoms with Crippen molar-refractivity contribution < 1.29 is 24.3 Å². The molecule has 0 bridgehead atoms. The van der Waals surface area contributed by atoms with Gasteiger partial charge in [-0.3, -0.25) is 4.79 Å². The van der Waals surface area contributed by atoms with E-state index in [4.69, 9.17) is 9.47 Å². The molecule has 0 radical (unpaired) electrons. The first-order valence-electron chi connectivity index (χ1n) is 7.97. The van der Waals surface area contributed by atoms with Crippen LogP contribution in [0.25, 0.3) is 0 Å². The van der Waals surface area contributed by atoms with Crippen LogP contribution in [0.3, 0.4) is 0 Å². The number of aliphatic hydroxyl groups excluding tert-OH is 1. The fourth-order valence-corrected chi connectivity index (χ4v) is 3.45. The number of hydrogen-bond donors (Lipinski definition) is 2. The number of thiophene rings is 1. The van der Waals surface area contributed by atoms with E-state index < -0.39 is 6.10 Å². The highest BCUT2D eigenvalue weighted by atomic mass is 32.1. The predicted molar refractivity (Wildman–Crippen MR) is 84.9 cm³/mol. The highest BCUT2D eigenvalue weighted by Gasteiger charge is 2.29. The molecule has 0 spiro atoms. The van der Waals surface area contributed by atoms with Gasteiger partial charge in [-0.25, -0.2) is 0 Å². The standard InChI is InChI=1S/C16H25NO4S/c1-2-21-16(19)13-5-7-17(8-6-13)10-14(18)11-20-12-15-4-3-9-22-15/h3-4,9,13-14,18H,2,5-8,10-12H2,1H3/p+1/t14-/m0/s1. The van der Waals surface area contributed by atoms with Crippen LogP contribution in [-0.4, -0.2) is 50.0 Å². The third kappa shape index (κ3) is 5.68. The summed E-state index contributed by atoms with van der Waals surface area (Å²) < 4.78 is 10.6. The monoisotopic (exact) mass is 328 g/mol. The molecule has 5 nitrogen and oxygen atoms in total. The Hall–Kier alpha value is -0.950. The number of carbonyl (C=O) groups excluding carboxylic acids is 1. The molecule has 124 valence electrons. The van der Waals surface area contributed by atoms with E-state index in [-0.39, 0.29) is 11.9 Å². The molecule has 1 aromatic heterocycles. The minimum atomic E-state index is -0.450. The first kappa shape index (κ1) is 17.4. The molecule has 1 aliphatic rings. The van der Waals surface area contributed by atoms with Gasteiger partial charge in [-0.05, 0) is 18.4 Å². The van der Waals surface area contributed by atoms with Gasteiger partial charge in [0.2, 0.25) is 0 Å². The van der Waals surface area contributed by atoms with E-state index in [1.165, 1.54) is 9.78 Å². The average Bonchev–Trinajstić information content (AvgIpc) is 3.01. The van der Waals surface area contributed by atoms with Crippen LogP contribution >= 0.6 is 11.3 Å². The van der Waals surface area contributed by atoms with Crippen molar-refractivity contribution in [2.24, 2.45) is 5.92 Å². The summed E-state index contributed by atoms with van der Waals surface area (Å²) in [6.45, 7) is 5.71. The van der Waals surface area contributed by atoms with Crippen molar-refractivity contribution in [1.82, 2.24) is 0 Å². The number of ether oxygens (including phenoxy) is 2. The van der Waals surface area contributed by atoms with Crippen LogP contribution in [0.1, 0.15) is 24.6 Å². The van der Waals surface area contributed by atoms with Gasteiger partial charge in [0.25, 0.3) is 0 Å². The Morgan fingerprint density at radius 3 is 2.91 bits per heavy atom. The van der Waals surface area contributed by atoms with Crippen molar-refractivity contribution in [3.05, 3.63) is 22.4 Å². The van der Waals surface area contributed by atoms with Gasteiger partial charge in [0.1, 0.15) is 12.6 Å². The second kappa shape index (κ2) is 9.25. The van der Waals surface area contributed by atoms with E-state index >= 15 is 0 Å². The predicted octanol–water partition coefficient (Wildman–Crippen LogP) is 0.484. The van der Waals surface area contributed by atoms with Gasteiger partial charge in [0, 0.05) is 17.7 Å². The largest absolute Gasteiger partial charge is 0.466 e. The lowest BCUT2D eigenvalue weighted by atomic mass is 9.97. The minimum absolute atomic E-state index is 0.0379. The first-order chi connectivity index (χ1) is 10.7. The summed E-state index contributed by atoms with van der Waals surface area (Å²) >= 11 is 1.66. The number of piperidine rings is 1. The Kier molecular flexibility index (Phi) is 7.32. The van der Waals surface area contributed by atoms with Crippen LogP contribution in [0, 0.1) is 5.92 Å². The summed E-state index contributed by atoms with van der Waals surface area (Å²) in [7, 11) is 0. The van der Waals surface area contributed by atoms with Gasteiger partial charge in [0.15, 0.2) is 0 Å². The lowest BCUT2D eigenvalue weighted by Gasteiger charge is -2.29. The van der Waals surface area contributed by atoms with Crippen molar-refractivity contribution in [2.45, 2.75) is 32.5 Å². The number of quaternary nitrogens is 1. The molecular formula is C16H26NO4S+. The van der Waals surface area contributed by atoms with E-state index in [0.29, 0.717) is 26.4 Å². The second-order valence-electron chi connectivity index (χ2n) is 5.73. The molecule has 1 fully saturated rings. The molecule has 2 heterocycles. The third-order valence-corrected chi connectivity index (χ3v) is 4.82. The zero-order chi connectivity index (χ0) is 15.8. The van der Waals surface area contributed by atoms with Gasteiger partial charge in [-0.2, -0.15) is 0 Å². The number of nitrogens with one attached hydrogen (secondary N) is 1. The number of carbonyl (C=O) groups is 1. The molecule has 0 amide bonds. The molecule has 1 aliphatic heterocycles. The molecule has 0 aromatic carbocycles. The quantitative estimate of drug-likeness (QED) is 0.682. The maximum absolute atomic E-state index is 11.7. The molecule has 1 saturated heterocycles. The number of hydrogen-bond acceptors (Lipinski definition) is 5. The topological polar surface area (TPSA) is 60.2 Å². The molecule has 0 aliphatic carbocycles. The highest BCUT2D eigenvalue weighted by molar-refractivity contribution is 7.09. The van der Waals surface area contributed by atoms with Crippen molar-refractivity contribution in [2.75, 3.05) is 32.8 Å². The van der Waals surface area contributed by atoms with Crippen LogP contribution < -0.4 is 4.90 Å². The Morgan fingerprint density at radius 1 is 1.50 bits per heavy atom. The summed E-state index contributed by atoms with van der Waals surface area (Å²) in [6, 6.07) is 4.03. The molecule has 1 atom stereocenters. The minimum Gasteiger partial charge on any atom is -0.466 e. The summed E-state index contributed by atoms with van der Waals surface area (Å²) in [4.78, 5) is 14.2. The number of rotatable bonds is 8. The van der Waals surface area contributed by atoms with Crippen LogP contribution in [-0.2, 0) is 20.9 Å². The van der Waals surface area contributed by atoms with Crippen LogP contribution in [0.5, 0.6) is 0 Å². The Balaban J connectivity index is 1.60.